The van der Waals surface area contributed by atoms with E-state index in [9.17, 15) is 0 Å². The van der Waals surface area contributed by atoms with E-state index in [0.29, 0.717) is 23.2 Å². The highest BCUT2D eigenvalue weighted by molar-refractivity contribution is 5.80. The van der Waals surface area contributed by atoms with Gasteiger partial charge in [0.25, 0.3) is 0 Å². The van der Waals surface area contributed by atoms with Gasteiger partial charge in [0.2, 0.25) is 5.75 Å². The van der Waals surface area contributed by atoms with Crippen LogP contribution in [0.5, 0.6) is 17.2 Å². The standard InChI is InChI=1S/C23H31N3O3/c1-24-23(26-15-13-19(16-26)17-8-6-5-7-9-17)25-14-12-18-10-11-20(27-2)22(29-4)21(18)28-3/h5-11,19H,12-16H2,1-4H3,(H,24,25). The summed E-state index contributed by atoms with van der Waals surface area (Å²) in [6.45, 7) is 2.76. The Hall–Kier alpha value is -2.89. The summed E-state index contributed by atoms with van der Waals surface area (Å²) in [6, 6.07) is 14.7. The molecule has 0 aromatic heterocycles. The molecular formula is C23H31N3O3. The maximum absolute atomic E-state index is 5.58. The molecule has 0 bridgehead atoms. The Balaban J connectivity index is 1.60. The average molecular weight is 398 g/mol. The van der Waals surface area contributed by atoms with Gasteiger partial charge in [0, 0.05) is 38.2 Å². The predicted molar refractivity (Wildman–Crippen MR) is 117 cm³/mol. The molecule has 1 fully saturated rings. The zero-order valence-electron chi connectivity index (χ0n) is 17.8. The summed E-state index contributed by atoms with van der Waals surface area (Å²) in [5.74, 6) is 3.51. The fourth-order valence-corrected chi connectivity index (χ4v) is 3.95. The molecule has 1 heterocycles. The van der Waals surface area contributed by atoms with Crippen LogP contribution in [0.1, 0.15) is 23.5 Å². The number of methoxy groups -OCH3 is 3. The van der Waals surface area contributed by atoms with Crippen LogP contribution >= 0.6 is 0 Å². The van der Waals surface area contributed by atoms with Crippen molar-refractivity contribution in [1.82, 2.24) is 10.2 Å². The molecule has 2 aromatic rings. The lowest BCUT2D eigenvalue weighted by Crippen LogP contribution is -2.40. The van der Waals surface area contributed by atoms with Gasteiger partial charge in [-0.15, -0.1) is 0 Å². The lowest BCUT2D eigenvalue weighted by atomic mass is 9.99. The third-order valence-electron chi connectivity index (χ3n) is 5.43. The van der Waals surface area contributed by atoms with Crippen molar-refractivity contribution in [3.05, 3.63) is 53.6 Å². The summed E-state index contributed by atoms with van der Waals surface area (Å²) >= 11 is 0. The first-order chi connectivity index (χ1) is 14.2. The van der Waals surface area contributed by atoms with E-state index in [1.165, 1.54) is 5.56 Å². The predicted octanol–water partition coefficient (Wildman–Crippen LogP) is 3.32. The minimum atomic E-state index is 0.556. The summed E-state index contributed by atoms with van der Waals surface area (Å²) in [5, 5.41) is 3.50. The Morgan fingerprint density at radius 1 is 1.03 bits per heavy atom. The van der Waals surface area contributed by atoms with Crippen molar-refractivity contribution < 1.29 is 14.2 Å². The number of nitrogens with zero attached hydrogens (tertiary/aromatic N) is 2. The molecule has 3 rings (SSSR count). The largest absolute Gasteiger partial charge is 0.493 e. The Kier molecular flexibility index (Phi) is 7.22. The third kappa shape index (κ3) is 4.75. The summed E-state index contributed by atoms with van der Waals surface area (Å²) in [5.41, 5.74) is 2.47. The molecule has 156 valence electrons. The summed E-state index contributed by atoms with van der Waals surface area (Å²) < 4.78 is 16.4. The first kappa shape index (κ1) is 20.8. The number of ether oxygens (including phenoxy) is 3. The van der Waals surface area contributed by atoms with E-state index < -0.39 is 0 Å². The molecule has 0 spiro atoms. The number of benzene rings is 2. The fraction of sp³-hybridized carbons (Fsp3) is 0.435. The highest BCUT2D eigenvalue weighted by Crippen LogP contribution is 2.39. The SMILES string of the molecule is CN=C(NCCc1ccc(OC)c(OC)c1OC)N1CCC(c2ccccc2)C1. The lowest BCUT2D eigenvalue weighted by Gasteiger charge is -2.22. The monoisotopic (exact) mass is 397 g/mol. The van der Waals surface area contributed by atoms with E-state index in [2.05, 4.69) is 45.5 Å². The topological polar surface area (TPSA) is 55.3 Å². The van der Waals surface area contributed by atoms with Gasteiger partial charge in [-0.05, 0) is 24.5 Å². The first-order valence-electron chi connectivity index (χ1n) is 10.00. The molecule has 0 amide bonds. The van der Waals surface area contributed by atoms with Crippen LogP contribution < -0.4 is 19.5 Å². The highest BCUT2D eigenvalue weighted by Gasteiger charge is 2.26. The van der Waals surface area contributed by atoms with Gasteiger partial charge < -0.3 is 24.4 Å². The number of hydrogen-bond acceptors (Lipinski definition) is 4. The normalized spacial score (nSPS) is 16.6. The number of hydrogen-bond donors (Lipinski definition) is 1. The molecule has 2 aromatic carbocycles. The fourth-order valence-electron chi connectivity index (χ4n) is 3.95. The second-order valence-electron chi connectivity index (χ2n) is 7.06. The van der Waals surface area contributed by atoms with Crippen LogP contribution in [0.2, 0.25) is 0 Å². The third-order valence-corrected chi connectivity index (χ3v) is 5.43. The molecule has 6 heteroatoms. The van der Waals surface area contributed by atoms with E-state index in [0.717, 1.165) is 44.0 Å². The van der Waals surface area contributed by atoms with Gasteiger partial charge in [0.1, 0.15) is 0 Å². The second kappa shape index (κ2) is 10.0. The number of aliphatic imine (C=N–C) groups is 1. The summed E-state index contributed by atoms with van der Waals surface area (Å²) in [7, 11) is 6.75. The molecule has 1 unspecified atom stereocenters. The molecule has 1 atom stereocenters. The summed E-state index contributed by atoms with van der Waals surface area (Å²) in [6.07, 6.45) is 1.94. The van der Waals surface area contributed by atoms with Crippen molar-refractivity contribution >= 4 is 5.96 Å². The van der Waals surface area contributed by atoms with Crippen molar-refractivity contribution in [2.45, 2.75) is 18.8 Å². The van der Waals surface area contributed by atoms with Crippen LogP contribution in [-0.2, 0) is 6.42 Å². The van der Waals surface area contributed by atoms with Crippen molar-refractivity contribution in [3.8, 4) is 17.2 Å². The van der Waals surface area contributed by atoms with Gasteiger partial charge in [-0.25, -0.2) is 0 Å². The Labute approximate surface area is 173 Å². The Morgan fingerprint density at radius 3 is 2.45 bits per heavy atom. The molecule has 0 radical (unpaired) electrons. The molecule has 0 saturated carbocycles. The maximum atomic E-state index is 5.58. The lowest BCUT2D eigenvalue weighted by molar-refractivity contribution is 0.322. The van der Waals surface area contributed by atoms with Gasteiger partial charge in [-0.2, -0.15) is 0 Å². The average Bonchev–Trinajstić information content (AvgIpc) is 3.26. The summed E-state index contributed by atoms with van der Waals surface area (Å²) in [4.78, 5) is 6.83. The maximum Gasteiger partial charge on any atom is 0.203 e. The van der Waals surface area contributed by atoms with Crippen LogP contribution in [0.25, 0.3) is 0 Å². The van der Waals surface area contributed by atoms with Crippen LogP contribution in [-0.4, -0.2) is 58.9 Å². The molecule has 6 nitrogen and oxygen atoms in total. The number of guanidine groups is 1. The van der Waals surface area contributed by atoms with Gasteiger partial charge in [0.05, 0.1) is 21.3 Å². The molecule has 1 aliphatic heterocycles. The van der Waals surface area contributed by atoms with Crippen molar-refractivity contribution in [3.63, 3.8) is 0 Å². The number of likely N-dealkylation sites (tertiary alicyclic amines) is 1. The minimum absolute atomic E-state index is 0.556. The van der Waals surface area contributed by atoms with E-state index >= 15 is 0 Å². The van der Waals surface area contributed by atoms with E-state index in [1.54, 1.807) is 21.3 Å². The first-order valence-corrected chi connectivity index (χ1v) is 10.00. The van der Waals surface area contributed by atoms with E-state index in [4.69, 9.17) is 14.2 Å². The number of rotatable bonds is 7. The second-order valence-corrected chi connectivity index (χ2v) is 7.06. The highest BCUT2D eigenvalue weighted by atomic mass is 16.5. The minimum Gasteiger partial charge on any atom is -0.493 e. The van der Waals surface area contributed by atoms with Crippen LogP contribution in [0.3, 0.4) is 0 Å². The molecule has 0 aliphatic carbocycles. The van der Waals surface area contributed by atoms with Crippen molar-refractivity contribution in [1.29, 1.82) is 0 Å². The zero-order valence-corrected chi connectivity index (χ0v) is 17.8. The molecular weight excluding hydrogens is 366 g/mol. The molecule has 29 heavy (non-hydrogen) atoms. The number of nitrogens with one attached hydrogen (secondary N) is 1. The molecule has 1 saturated heterocycles. The Bertz CT molecular complexity index is 824. The molecule has 1 N–H and O–H groups in total. The van der Waals surface area contributed by atoms with Crippen LogP contribution in [0.15, 0.2) is 47.5 Å². The quantitative estimate of drug-likeness (QED) is 0.574. The van der Waals surface area contributed by atoms with Crippen molar-refractivity contribution in [2.24, 2.45) is 4.99 Å². The molecule has 1 aliphatic rings. The van der Waals surface area contributed by atoms with Crippen molar-refractivity contribution in [2.75, 3.05) is 48.0 Å². The van der Waals surface area contributed by atoms with Gasteiger partial charge in [0.15, 0.2) is 17.5 Å². The van der Waals surface area contributed by atoms with Crippen LogP contribution in [0.4, 0.5) is 0 Å². The smallest absolute Gasteiger partial charge is 0.203 e. The van der Waals surface area contributed by atoms with E-state index in [-0.39, 0.29) is 0 Å². The zero-order chi connectivity index (χ0) is 20.6. The van der Waals surface area contributed by atoms with Gasteiger partial charge in [-0.1, -0.05) is 36.4 Å². The van der Waals surface area contributed by atoms with Gasteiger partial charge >= 0.3 is 0 Å². The Morgan fingerprint density at radius 2 is 1.79 bits per heavy atom. The van der Waals surface area contributed by atoms with E-state index in [1.807, 2.05) is 19.2 Å². The van der Waals surface area contributed by atoms with Gasteiger partial charge in [-0.3, -0.25) is 4.99 Å². The van der Waals surface area contributed by atoms with Crippen LogP contribution in [0, 0.1) is 0 Å².